The van der Waals surface area contributed by atoms with Crippen LogP contribution in [-0.4, -0.2) is 69.7 Å². The summed E-state index contributed by atoms with van der Waals surface area (Å²) >= 11 is 0. The van der Waals surface area contributed by atoms with Crippen molar-refractivity contribution >= 4 is 28.5 Å². The van der Waals surface area contributed by atoms with Crippen LogP contribution in [0.5, 0.6) is 0 Å². The Morgan fingerprint density at radius 2 is 1.75 bits per heavy atom. The minimum absolute atomic E-state index is 0.0961. The van der Waals surface area contributed by atoms with E-state index < -0.39 is 0 Å². The van der Waals surface area contributed by atoms with E-state index in [1.165, 1.54) is 5.56 Å². The normalized spacial score (nSPS) is 18.5. The molecule has 0 saturated carbocycles. The van der Waals surface area contributed by atoms with Crippen LogP contribution < -0.4 is 5.73 Å². The third-order valence-corrected chi connectivity index (χ3v) is 7.28. The predicted molar refractivity (Wildman–Crippen MR) is 139 cm³/mol. The van der Waals surface area contributed by atoms with Crippen molar-refractivity contribution in [1.82, 2.24) is 24.8 Å². The maximum absolute atomic E-state index is 13.3. The molecule has 2 fully saturated rings. The molecule has 3 aromatic rings. The van der Waals surface area contributed by atoms with Gasteiger partial charge in [0.05, 0.1) is 17.2 Å². The summed E-state index contributed by atoms with van der Waals surface area (Å²) in [5.41, 5.74) is 10.2. The van der Waals surface area contributed by atoms with Gasteiger partial charge in [-0.15, -0.1) is 0 Å². The van der Waals surface area contributed by atoms with Crippen molar-refractivity contribution < 1.29 is 9.63 Å². The van der Waals surface area contributed by atoms with E-state index in [9.17, 15) is 4.79 Å². The number of para-hydroxylation sites is 2. The first-order valence-electron chi connectivity index (χ1n) is 12.7. The quantitative estimate of drug-likeness (QED) is 0.420. The maximum atomic E-state index is 13.3. The van der Waals surface area contributed by atoms with Gasteiger partial charge in [0.1, 0.15) is 24.3 Å². The lowest BCUT2D eigenvalue weighted by Crippen LogP contribution is -2.46. The highest BCUT2D eigenvalue weighted by molar-refractivity contribution is 6.01. The van der Waals surface area contributed by atoms with E-state index in [1.807, 2.05) is 41.3 Å². The largest absolute Gasteiger partial charge is 0.399 e. The van der Waals surface area contributed by atoms with Gasteiger partial charge in [0.25, 0.3) is 0 Å². The highest BCUT2D eigenvalue weighted by Crippen LogP contribution is 2.27. The number of pyridine rings is 1. The molecular formula is C27H33N7O2. The van der Waals surface area contributed by atoms with E-state index in [0.717, 1.165) is 80.8 Å². The number of nitrogens with zero attached hydrogens (tertiary/aromatic N) is 6. The first-order valence-corrected chi connectivity index (χ1v) is 12.7. The second-order valence-electron chi connectivity index (χ2n) is 9.64. The number of benzene rings is 1. The number of likely N-dealkylation sites (tertiary alicyclic amines) is 2. The Labute approximate surface area is 211 Å². The molecule has 9 nitrogen and oxygen atoms in total. The van der Waals surface area contributed by atoms with Crippen molar-refractivity contribution in [2.45, 2.75) is 32.2 Å². The Kier molecular flexibility index (Phi) is 7.36. The molecule has 2 aliphatic heterocycles. The summed E-state index contributed by atoms with van der Waals surface area (Å²) in [6.07, 6.45) is 6.98. The molecule has 0 unspecified atom stereocenters. The van der Waals surface area contributed by atoms with Gasteiger partial charge in [-0.3, -0.25) is 14.7 Å². The lowest BCUT2D eigenvalue weighted by atomic mass is 9.88. The van der Waals surface area contributed by atoms with Crippen LogP contribution >= 0.6 is 0 Å². The third-order valence-electron chi connectivity index (χ3n) is 7.28. The van der Waals surface area contributed by atoms with Gasteiger partial charge in [-0.2, -0.15) is 0 Å². The number of carbonyl (C=O) groups is 1. The molecule has 0 atom stereocenters. The molecule has 5 rings (SSSR count). The van der Waals surface area contributed by atoms with Crippen LogP contribution in [0.1, 0.15) is 36.9 Å². The van der Waals surface area contributed by atoms with Crippen LogP contribution in [0.2, 0.25) is 0 Å². The maximum Gasteiger partial charge on any atom is 0.225 e. The highest BCUT2D eigenvalue weighted by atomic mass is 16.6. The van der Waals surface area contributed by atoms with Gasteiger partial charge in [-0.1, -0.05) is 17.3 Å². The third kappa shape index (κ3) is 5.46. The molecule has 188 valence electrons. The van der Waals surface area contributed by atoms with Crippen LogP contribution in [0.15, 0.2) is 53.9 Å². The van der Waals surface area contributed by atoms with Crippen molar-refractivity contribution in [2.75, 3.05) is 39.0 Å². The number of anilines is 1. The van der Waals surface area contributed by atoms with E-state index in [-0.39, 0.29) is 17.7 Å². The van der Waals surface area contributed by atoms with E-state index in [2.05, 4.69) is 20.0 Å². The fraction of sp³-hybridized carbons (Fsp3) is 0.444. The number of carbonyl (C=O) groups excluding carboxylic acids is 1. The Balaban J connectivity index is 1.15. The average Bonchev–Trinajstić information content (AvgIpc) is 2.92. The number of hydrogen-bond acceptors (Lipinski definition) is 8. The number of nitrogens with two attached hydrogens (primary N) is 1. The molecule has 0 radical (unpaired) electrons. The van der Waals surface area contributed by atoms with Crippen molar-refractivity contribution in [3.05, 3.63) is 60.0 Å². The Morgan fingerprint density at radius 1 is 1.03 bits per heavy atom. The molecule has 9 heteroatoms. The van der Waals surface area contributed by atoms with Crippen LogP contribution in [0.25, 0.3) is 11.0 Å². The summed E-state index contributed by atoms with van der Waals surface area (Å²) in [5.74, 6) is 1.11. The standard InChI is InChI=1S/C27H33N7O2/c1-36-32-26(24-17-30-22-4-2-3-5-23(22)31-24)20-9-14-34(15-10-20)27(35)21-7-12-33(13-8-21)18-19-6-11-29-25(28)16-19/h2-6,11,16-17,20-21H,7-10,12-15,18H2,1H3,(H2,28,29)/b32-26+. The number of oxime groups is 1. The van der Waals surface area contributed by atoms with Gasteiger partial charge < -0.3 is 15.5 Å². The van der Waals surface area contributed by atoms with Crippen molar-refractivity contribution in [2.24, 2.45) is 17.0 Å². The topological polar surface area (TPSA) is 110 Å². The molecular weight excluding hydrogens is 454 g/mol. The minimum Gasteiger partial charge on any atom is -0.399 e. The van der Waals surface area contributed by atoms with E-state index in [0.29, 0.717) is 5.82 Å². The molecule has 1 amide bonds. The van der Waals surface area contributed by atoms with Crippen molar-refractivity contribution in [1.29, 1.82) is 0 Å². The molecule has 0 spiro atoms. The second kappa shape index (κ2) is 11.0. The summed E-state index contributed by atoms with van der Waals surface area (Å²) in [5, 5.41) is 4.33. The van der Waals surface area contributed by atoms with Crippen LogP contribution in [0, 0.1) is 11.8 Å². The Bertz CT molecular complexity index is 1230. The number of fused-ring (bicyclic) bond motifs is 1. The Hall–Kier alpha value is -3.59. The summed E-state index contributed by atoms with van der Waals surface area (Å²) in [7, 11) is 1.56. The molecule has 2 aromatic heterocycles. The van der Waals surface area contributed by atoms with Gasteiger partial charge in [0.15, 0.2) is 0 Å². The smallest absolute Gasteiger partial charge is 0.225 e. The molecule has 36 heavy (non-hydrogen) atoms. The van der Waals surface area contributed by atoms with Crippen LogP contribution in [-0.2, 0) is 16.2 Å². The Morgan fingerprint density at radius 3 is 2.47 bits per heavy atom. The number of rotatable bonds is 6. The zero-order valence-electron chi connectivity index (χ0n) is 20.7. The molecule has 2 N–H and O–H groups in total. The summed E-state index contributed by atoms with van der Waals surface area (Å²) in [6.45, 7) is 4.13. The second-order valence-corrected chi connectivity index (χ2v) is 9.64. The molecule has 2 saturated heterocycles. The SMILES string of the molecule is CO/N=C(/c1cnc2ccccc2n1)C1CCN(C(=O)C2CCN(Cc3ccnc(N)c3)CC2)CC1. The van der Waals surface area contributed by atoms with E-state index in [1.54, 1.807) is 19.5 Å². The zero-order chi connectivity index (χ0) is 24.9. The highest BCUT2D eigenvalue weighted by Gasteiger charge is 2.33. The molecule has 2 aliphatic rings. The number of piperidine rings is 2. The van der Waals surface area contributed by atoms with Crippen molar-refractivity contribution in [3.8, 4) is 0 Å². The molecule has 0 bridgehead atoms. The average molecular weight is 488 g/mol. The number of hydrogen-bond donors (Lipinski definition) is 1. The van der Waals surface area contributed by atoms with Gasteiger partial charge in [0.2, 0.25) is 5.91 Å². The lowest BCUT2D eigenvalue weighted by molar-refractivity contribution is -0.138. The first-order chi connectivity index (χ1) is 17.6. The summed E-state index contributed by atoms with van der Waals surface area (Å²) in [4.78, 5) is 36.3. The number of amides is 1. The number of nitrogen functional groups attached to an aromatic ring is 1. The van der Waals surface area contributed by atoms with Crippen LogP contribution in [0.3, 0.4) is 0 Å². The van der Waals surface area contributed by atoms with Gasteiger partial charge >= 0.3 is 0 Å². The van der Waals surface area contributed by atoms with Gasteiger partial charge in [0, 0.05) is 37.7 Å². The van der Waals surface area contributed by atoms with E-state index in [4.69, 9.17) is 15.6 Å². The van der Waals surface area contributed by atoms with Crippen LogP contribution in [0.4, 0.5) is 5.82 Å². The fourth-order valence-corrected chi connectivity index (χ4v) is 5.33. The zero-order valence-corrected chi connectivity index (χ0v) is 20.7. The molecule has 0 aliphatic carbocycles. The lowest BCUT2D eigenvalue weighted by Gasteiger charge is -2.37. The van der Waals surface area contributed by atoms with E-state index >= 15 is 0 Å². The number of aromatic nitrogens is 3. The predicted octanol–water partition coefficient (Wildman–Crippen LogP) is 3.11. The van der Waals surface area contributed by atoms with Gasteiger partial charge in [-0.25, -0.2) is 9.97 Å². The van der Waals surface area contributed by atoms with Crippen molar-refractivity contribution in [3.63, 3.8) is 0 Å². The monoisotopic (exact) mass is 487 g/mol. The first kappa shape index (κ1) is 24.1. The molecule has 1 aromatic carbocycles. The van der Waals surface area contributed by atoms with Gasteiger partial charge in [-0.05, 0) is 68.6 Å². The summed E-state index contributed by atoms with van der Waals surface area (Å²) in [6, 6.07) is 11.7. The summed E-state index contributed by atoms with van der Waals surface area (Å²) < 4.78 is 0. The minimum atomic E-state index is 0.0961. The fourth-order valence-electron chi connectivity index (χ4n) is 5.33. The molecule has 4 heterocycles.